The highest BCUT2D eigenvalue weighted by Crippen LogP contribution is 2.19. The lowest BCUT2D eigenvalue weighted by molar-refractivity contribution is 0.0117. The van der Waals surface area contributed by atoms with E-state index in [1.807, 2.05) is 6.07 Å². The van der Waals surface area contributed by atoms with Crippen molar-refractivity contribution in [2.24, 2.45) is 0 Å². The molecule has 20 heavy (non-hydrogen) atoms. The van der Waals surface area contributed by atoms with E-state index in [0.717, 1.165) is 30.3 Å². The molecule has 0 bridgehead atoms. The Hall–Kier alpha value is -0.780. The molecule has 1 atom stereocenters. The Morgan fingerprint density at radius 2 is 2.25 bits per heavy atom. The highest BCUT2D eigenvalue weighted by atomic mass is 79.9. The number of benzene rings is 1. The Balaban J connectivity index is 0.00000200. The number of anilines is 1. The Bertz CT molecular complexity index is 451. The first-order chi connectivity index (χ1) is 9.16. The van der Waals surface area contributed by atoms with E-state index in [1.54, 1.807) is 12.1 Å². The first-order valence-electron chi connectivity index (χ1n) is 6.61. The van der Waals surface area contributed by atoms with E-state index in [2.05, 4.69) is 21.2 Å². The fourth-order valence-corrected chi connectivity index (χ4v) is 2.60. The minimum Gasteiger partial charge on any atom is -0.398 e. The summed E-state index contributed by atoms with van der Waals surface area (Å²) in [6, 6.07) is 5.28. The van der Waals surface area contributed by atoms with Gasteiger partial charge in [0.1, 0.15) is 0 Å². The molecule has 1 aromatic rings. The van der Waals surface area contributed by atoms with E-state index in [4.69, 9.17) is 10.5 Å². The largest absolute Gasteiger partial charge is 0.398 e. The topological polar surface area (TPSA) is 64.4 Å². The Morgan fingerprint density at radius 3 is 2.90 bits per heavy atom. The Morgan fingerprint density at radius 1 is 1.45 bits per heavy atom. The molecule has 0 saturated carbocycles. The molecule has 112 valence electrons. The van der Waals surface area contributed by atoms with Crippen LogP contribution in [0.3, 0.4) is 0 Å². The molecule has 3 N–H and O–H groups in total. The van der Waals surface area contributed by atoms with Crippen LogP contribution in [-0.4, -0.2) is 25.2 Å². The minimum absolute atomic E-state index is 0. The van der Waals surface area contributed by atoms with E-state index in [-0.39, 0.29) is 24.4 Å². The number of nitrogen functional groups attached to an aromatic ring is 1. The highest BCUT2D eigenvalue weighted by molar-refractivity contribution is 9.10. The summed E-state index contributed by atoms with van der Waals surface area (Å²) in [6.07, 6.45) is 4.62. The molecule has 2 rings (SSSR count). The van der Waals surface area contributed by atoms with Gasteiger partial charge in [-0.1, -0.05) is 15.9 Å². The van der Waals surface area contributed by atoms with E-state index in [1.165, 1.54) is 6.42 Å². The van der Waals surface area contributed by atoms with E-state index in [0.29, 0.717) is 17.8 Å². The number of halogens is 2. The number of nitrogens with one attached hydrogen (secondary N) is 1. The molecule has 1 fully saturated rings. The summed E-state index contributed by atoms with van der Waals surface area (Å²) in [5, 5.41) is 2.89. The number of ether oxygens (including phenoxy) is 1. The second kappa shape index (κ2) is 8.49. The fraction of sp³-hybridized carbons (Fsp3) is 0.500. The quantitative estimate of drug-likeness (QED) is 0.808. The van der Waals surface area contributed by atoms with Crippen LogP contribution < -0.4 is 11.1 Å². The predicted octanol–water partition coefficient (Wildman–Crippen LogP) is 3.14. The van der Waals surface area contributed by atoms with Crippen molar-refractivity contribution in [1.29, 1.82) is 0 Å². The van der Waals surface area contributed by atoms with Crippen molar-refractivity contribution in [3.63, 3.8) is 0 Å². The maximum Gasteiger partial charge on any atom is 0.253 e. The molecular weight excluding hydrogens is 344 g/mol. The molecule has 6 heteroatoms. The van der Waals surface area contributed by atoms with Crippen molar-refractivity contribution in [1.82, 2.24) is 5.32 Å². The van der Waals surface area contributed by atoms with Gasteiger partial charge in [0.2, 0.25) is 0 Å². The van der Waals surface area contributed by atoms with Crippen LogP contribution in [0.15, 0.2) is 22.7 Å². The molecule has 0 spiro atoms. The number of rotatable bonds is 4. The molecule has 1 aromatic carbocycles. The summed E-state index contributed by atoms with van der Waals surface area (Å²) in [6.45, 7) is 1.47. The van der Waals surface area contributed by atoms with Gasteiger partial charge in [0.15, 0.2) is 0 Å². The van der Waals surface area contributed by atoms with Gasteiger partial charge in [-0.3, -0.25) is 4.79 Å². The van der Waals surface area contributed by atoms with Crippen LogP contribution >= 0.6 is 28.3 Å². The van der Waals surface area contributed by atoms with Crippen molar-refractivity contribution in [2.45, 2.75) is 31.8 Å². The predicted molar refractivity (Wildman–Crippen MR) is 86.3 cm³/mol. The highest BCUT2D eigenvalue weighted by Gasteiger charge is 2.14. The summed E-state index contributed by atoms with van der Waals surface area (Å²) in [5.74, 6) is -0.124. The number of carbonyl (C=O) groups is 1. The van der Waals surface area contributed by atoms with Crippen molar-refractivity contribution in [3.05, 3.63) is 28.2 Å². The van der Waals surface area contributed by atoms with Gasteiger partial charge in [-0.25, -0.2) is 0 Å². The molecule has 1 amide bonds. The minimum atomic E-state index is -0.124. The van der Waals surface area contributed by atoms with Crippen LogP contribution in [0.25, 0.3) is 0 Å². The maximum atomic E-state index is 12.0. The van der Waals surface area contributed by atoms with Crippen molar-refractivity contribution < 1.29 is 9.53 Å². The van der Waals surface area contributed by atoms with E-state index >= 15 is 0 Å². The third-order valence-electron chi connectivity index (χ3n) is 3.28. The molecule has 0 aromatic heterocycles. The van der Waals surface area contributed by atoms with Gasteiger partial charge in [-0.15, -0.1) is 12.4 Å². The van der Waals surface area contributed by atoms with Crippen LogP contribution in [0.1, 0.15) is 36.0 Å². The zero-order chi connectivity index (χ0) is 13.7. The Kier molecular flexibility index (Phi) is 7.34. The smallest absolute Gasteiger partial charge is 0.253 e. The standard InChI is InChI=1S/C14H19BrN2O2.ClH/c15-10-4-5-12(13(16)9-10)14(18)17-7-6-11-3-1-2-8-19-11;/h4-5,9,11H,1-3,6-8,16H2,(H,17,18);1H. The number of nitrogens with two attached hydrogens (primary N) is 1. The van der Waals surface area contributed by atoms with Gasteiger partial charge >= 0.3 is 0 Å². The summed E-state index contributed by atoms with van der Waals surface area (Å²) in [7, 11) is 0. The zero-order valence-corrected chi connectivity index (χ0v) is 13.6. The second-order valence-corrected chi connectivity index (χ2v) is 5.68. The molecular formula is C14H20BrClN2O2. The fourth-order valence-electron chi connectivity index (χ4n) is 2.22. The van der Waals surface area contributed by atoms with Crippen LogP contribution in [0.5, 0.6) is 0 Å². The van der Waals surface area contributed by atoms with Crippen LogP contribution in [0.2, 0.25) is 0 Å². The monoisotopic (exact) mass is 362 g/mol. The normalized spacial score (nSPS) is 18.1. The molecule has 0 aliphatic carbocycles. The third-order valence-corrected chi connectivity index (χ3v) is 3.78. The van der Waals surface area contributed by atoms with Crippen LogP contribution in [0.4, 0.5) is 5.69 Å². The van der Waals surface area contributed by atoms with Crippen molar-refractivity contribution in [3.8, 4) is 0 Å². The molecule has 1 heterocycles. The lowest BCUT2D eigenvalue weighted by atomic mass is 10.1. The molecule has 0 radical (unpaired) electrons. The lowest BCUT2D eigenvalue weighted by Gasteiger charge is -2.22. The SMILES string of the molecule is Cl.Nc1cc(Br)ccc1C(=O)NCCC1CCCCO1. The Labute approximate surface area is 134 Å². The molecule has 1 aliphatic heterocycles. The zero-order valence-electron chi connectivity index (χ0n) is 11.2. The summed E-state index contributed by atoms with van der Waals surface area (Å²) in [5.41, 5.74) is 6.83. The van der Waals surface area contributed by atoms with E-state index < -0.39 is 0 Å². The first-order valence-corrected chi connectivity index (χ1v) is 7.41. The van der Waals surface area contributed by atoms with Gasteiger partial charge in [0, 0.05) is 23.3 Å². The van der Waals surface area contributed by atoms with Gasteiger partial charge in [-0.05, 0) is 43.9 Å². The molecule has 4 nitrogen and oxygen atoms in total. The third kappa shape index (κ3) is 4.96. The average molecular weight is 364 g/mol. The van der Waals surface area contributed by atoms with Gasteiger partial charge in [-0.2, -0.15) is 0 Å². The average Bonchev–Trinajstić information content (AvgIpc) is 2.39. The summed E-state index contributed by atoms with van der Waals surface area (Å²) < 4.78 is 6.50. The van der Waals surface area contributed by atoms with Gasteiger partial charge in [0.25, 0.3) is 5.91 Å². The van der Waals surface area contributed by atoms with Crippen LogP contribution in [-0.2, 0) is 4.74 Å². The number of hydrogen-bond donors (Lipinski definition) is 2. The number of hydrogen-bond acceptors (Lipinski definition) is 3. The van der Waals surface area contributed by atoms with Gasteiger partial charge in [0.05, 0.1) is 11.7 Å². The second-order valence-electron chi connectivity index (χ2n) is 4.76. The summed E-state index contributed by atoms with van der Waals surface area (Å²) >= 11 is 3.32. The first kappa shape index (κ1) is 17.3. The van der Waals surface area contributed by atoms with Crippen molar-refractivity contribution in [2.75, 3.05) is 18.9 Å². The summed E-state index contributed by atoms with van der Waals surface area (Å²) in [4.78, 5) is 12.0. The van der Waals surface area contributed by atoms with Crippen molar-refractivity contribution >= 4 is 39.9 Å². The lowest BCUT2D eigenvalue weighted by Crippen LogP contribution is -2.29. The van der Waals surface area contributed by atoms with E-state index in [9.17, 15) is 4.79 Å². The molecule has 1 unspecified atom stereocenters. The van der Waals surface area contributed by atoms with Crippen LogP contribution in [0, 0.1) is 0 Å². The molecule has 1 aliphatic rings. The molecule has 1 saturated heterocycles. The van der Waals surface area contributed by atoms with Gasteiger partial charge < -0.3 is 15.8 Å². The number of amides is 1. The number of carbonyl (C=O) groups excluding carboxylic acids is 1. The maximum absolute atomic E-state index is 12.0.